The second-order valence-corrected chi connectivity index (χ2v) is 13.0. The Labute approximate surface area is 172 Å². The predicted octanol–water partition coefficient (Wildman–Crippen LogP) is 5.53. The highest BCUT2D eigenvalue weighted by atomic mass is 127. The molecular formula is C16H29IO4S3. The van der Waals surface area contributed by atoms with Crippen LogP contribution in [0.15, 0.2) is 0 Å². The Morgan fingerprint density at radius 1 is 1.08 bits per heavy atom. The molecule has 0 N–H and O–H groups in total. The normalized spacial score (nSPS) is 15.7. The van der Waals surface area contributed by atoms with E-state index >= 15 is 0 Å². The number of hydrogen-bond acceptors (Lipinski definition) is 7. The lowest BCUT2D eigenvalue weighted by molar-refractivity contribution is -0.153. The average molecular weight is 509 g/mol. The largest absolute Gasteiger partial charge is 0.462 e. The Bertz CT molecular complexity index is 403. The van der Waals surface area contributed by atoms with Gasteiger partial charge >= 0.3 is 11.9 Å². The fraction of sp³-hybridized carbons (Fsp3) is 0.875. The van der Waals surface area contributed by atoms with Gasteiger partial charge in [0.05, 0.1) is 11.0 Å². The van der Waals surface area contributed by atoms with Crippen molar-refractivity contribution in [2.75, 3.05) is 5.08 Å². The van der Waals surface area contributed by atoms with Crippen LogP contribution in [-0.2, 0) is 19.1 Å². The molecular weight excluding hydrogens is 479 g/mol. The summed E-state index contributed by atoms with van der Waals surface area (Å²) in [7, 11) is 3.51. The molecule has 0 aliphatic heterocycles. The summed E-state index contributed by atoms with van der Waals surface area (Å²) in [6.45, 7) is 13.4. The Balaban J connectivity index is 3.98. The van der Waals surface area contributed by atoms with E-state index in [2.05, 4.69) is 29.5 Å². The standard InChI is InChI=1S/C16H29IO4S3/c1-10(2)14(18)21-16(6,7)22-9-23-24-12(4)8-11(3)20-15(19)13(5)17/h10-13H,8-9H2,1-7H3. The van der Waals surface area contributed by atoms with E-state index in [1.807, 2.05) is 41.5 Å². The summed E-state index contributed by atoms with van der Waals surface area (Å²) in [5.41, 5.74) is 0. The van der Waals surface area contributed by atoms with Crippen molar-refractivity contribution in [1.82, 2.24) is 0 Å². The van der Waals surface area contributed by atoms with Gasteiger partial charge in [0.2, 0.25) is 0 Å². The Morgan fingerprint density at radius 3 is 2.17 bits per heavy atom. The number of halogens is 1. The minimum atomic E-state index is -0.516. The first-order valence-corrected chi connectivity index (χ1v) is 12.6. The molecule has 3 unspecified atom stereocenters. The number of rotatable bonds is 11. The van der Waals surface area contributed by atoms with Gasteiger partial charge in [-0.25, -0.2) is 0 Å². The van der Waals surface area contributed by atoms with Crippen LogP contribution in [0, 0.1) is 5.92 Å². The molecule has 3 atom stereocenters. The third-order valence-electron chi connectivity index (χ3n) is 2.81. The topological polar surface area (TPSA) is 52.6 Å². The highest BCUT2D eigenvalue weighted by Gasteiger charge is 2.25. The molecule has 0 radical (unpaired) electrons. The molecule has 0 aromatic heterocycles. The maximum Gasteiger partial charge on any atom is 0.318 e. The summed E-state index contributed by atoms with van der Waals surface area (Å²) in [6.07, 6.45) is 0.747. The number of ether oxygens (including phenoxy) is 2. The van der Waals surface area contributed by atoms with E-state index in [-0.39, 0.29) is 27.9 Å². The quantitative estimate of drug-likeness (QED) is 0.0909. The summed E-state index contributed by atoms with van der Waals surface area (Å²) in [4.78, 5) is 22.7. The third kappa shape index (κ3) is 12.1. The molecule has 0 fully saturated rings. The van der Waals surface area contributed by atoms with Gasteiger partial charge in [-0.15, -0.1) is 11.8 Å². The van der Waals surface area contributed by atoms with E-state index in [1.54, 1.807) is 33.3 Å². The summed E-state index contributed by atoms with van der Waals surface area (Å²) in [6, 6.07) is 0. The molecule has 0 rings (SSSR count). The van der Waals surface area contributed by atoms with Crippen molar-refractivity contribution in [2.24, 2.45) is 5.92 Å². The lowest BCUT2D eigenvalue weighted by Gasteiger charge is -2.25. The smallest absolute Gasteiger partial charge is 0.318 e. The molecule has 0 aromatic rings. The van der Waals surface area contributed by atoms with Crippen molar-refractivity contribution >= 4 is 67.9 Å². The minimum absolute atomic E-state index is 0.0751. The molecule has 4 nitrogen and oxygen atoms in total. The summed E-state index contributed by atoms with van der Waals surface area (Å²) < 4.78 is 10.7. The number of alkyl halides is 1. The van der Waals surface area contributed by atoms with Crippen LogP contribution in [0.2, 0.25) is 0 Å². The van der Waals surface area contributed by atoms with Crippen molar-refractivity contribution in [3.8, 4) is 0 Å². The Hall–Kier alpha value is 0.720. The van der Waals surface area contributed by atoms with Gasteiger partial charge in [-0.3, -0.25) is 9.59 Å². The number of thioether (sulfide) groups is 1. The van der Waals surface area contributed by atoms with E-state index in [4.69, 9.17) is 9.47 Å². The zero-order valence-electron chi connectivity index (χ0n) is 15.5. The van der Waals surface area contributed by atoms with Gasteiger partial charge in [-0.2, -0.15) is 0 Å². The maximum absolute atomic E-state index is 11.7. The highest BCUT2D eigenvalue weighted by Crippen LogP contribution is 2.37. The van der Waals surface area contributed by atoms with Crippen molar-refractivity contribution in [1.29, 1.82) is 0 Å². The van der Waals surface area contributed by atoms with Crippen LogP contribution in [0.3, 0.4) is 0 Å². The first-order valence-electron chi connectivity index (χ1n) is 7.94. The van der Waals surface area contributed by atoms with E-state index < -0.39 is 4.93 Å². The molecule has 0 aliphatic rings. The Morgan fingerprint density at radius 2 is 1.67 bits per heavy atom. The van der Waals surface area contributed by atoms with Crippen molar-refractivity contribution in [3.63, 3.8) is 0 Å². The maximum atomic E-state index is 11.7. The zero-order chi connectivity index (χ0) is 18.9. The number of esters is 2. The van der Waals surface area contributed by atoms with Crippen LogP contribution in [-0.4, -0.2) is 37.2 Å². The summed E-state index contributed by atoms with van der Waals surface area (Å²) >= 11 is 3.67. The first kappa shape index (κ1) is 24.7. The second-order valence-electron chi connectivity index (χ2n) is 6.36. The second kappa shape index (κ2) is 12.2. The molecule has 0 bridgehead atoms. The van der Waals surface area contributed by atoms with E-state index in [9.17, 15) is 9.59 Å². The summed E-state index contributed by atoms with van der Waals surface area (Å²) in [5, 5.41) is 1.20. The molecule has 0 saturated carbocycles. The molecule has 142 valence electrons. The van der Waals surface area contributed by atoms with Crippen molar-refractivity contribution in [2.45, 2.75) is 75.1 Å². The van der Waals surface area contributed by atoms with Crippen LogP contribution in [0.25, 0.3) is 0 Å². The number of carbonyl (C=O) groups is 2. The number of hydrogen-bond donors (Lipinski definition) is 0. The Kier molecular flexibility index (Phi) is 12.5. The number of carbonyl (C=O) groups excluding carboxylic acids is 2. The van der Waals surface area contributed by atoms with Crippen LogP contribution in [0.1, 0.15) is 54.9 Å². The fourth-order valence-electron chi connectivity index (χ4n) is 1.55. The first-order chi connectivity index (χ1) is 10.9. The van der Waals surface area contributed by atoms with Gasteiger partial charge in [0.1, 0.15) is 10.0 Å². The molecule has 0 amide bonds. The lowest BCUT2D eigenvalue weighted by atomic mass is 10.2. The van der Waals surface area contributed by atoms with Crippen molar-refractivity contribution in [3.05, 3.63) is 0 Å². The molecule has 0 aromatic carbocycles. The van der Waals surface area contributed by atoms with E-state index in [0.29, 0.717) is 5.25 Å². The van der Waals surface area contributed by atoms with Gasteiger partial charge in [-0.05, 0) is 34.1 Å². The molecule has 8 heteroatoms. The fourth-order valence-corrected chi connectivity index (χ4v) is 5.83. The molecule has 0 spiro atoms. The van der Waals surface area contributed by atoms with Crippen molar-refractivity contribution < 1.29 is 19.1 Å². The third-order valence-corrected chi connectivity index (χ3v) is 7.87. The van der Waals surface area contributed by atoms with Crippen LogP contribution in [0.5, 0.6) is 0 Å². The lowest BCUT2D eigenvalue weighted by Crippen LogP contribution is -2.27. The van der Waals surface area contributed by atoms with Crippen LogP contribution >= 0.6 is 55.9 Å². The molecule has 0 aliphatic carbocycles. The average Bonchev–Trinajstić information content (AvgIpc) is 2.42. The van der Waals surface area contributed by atoms with E-state index in [0.717, 1.165) is 11.5 Å². The highest BCUT2D eigenvalue weighted by molar-refractivity contribution is 14.1. The van der Waals surface area contributed by atoms with Crippen LogP contribution < -0.4 is 0 Å². The van der Waals surface area contributed by atoms with Gasteiger partial charge in [0, 0.05) is 5.25 Å². The summed E-state index contributed by atoms with van der Waals surface area (Å²) in [5.74, 6) is -0.433. The van der Waals surface area contributed by atoms with Gasteiger partial charge in [-0.1, -0.05) is 64.9 Å². The molecule has 0 heterocycles. The zero-order valence-corrected chi connectivity index (χ0v) is 20.1. The SMILES string of the molecule is CC(CC(C)SSCSC(C)(C)OC(=O)C(C)C)OC(=O)C(C)I. The molecule has 0 saturated heterocycles. The van der Waals surface area contributed by atoms with Gasteiger partial charge in [0.15, 0.2) is 4.93 Å². The van der Waals surface area contributed by atoms with Crippen LogP contribution in [0.4, 0.5) is 0 Å². The van der Waals surface area contributed by atoms with Gasteiger partial charge in [0.25, 0.3) is 0 Å². The molecule has 24 heavy (non-hydrogen) atoms. The van der Waals surface area contributed by atoms with Gasteiger partial charge < -0.3 is 9.47 Å². The monoisotopic (exact) mass is 508 g/mol. The predicted molar refractivity (Wildman–Crippen MR) is 116 cm³/mol. The van der Waals surface area contributed by atoms with E-state index in [1.165, 1.54) is 0 Å². The minimum Gasteiger partial charge on any atom is -0.462 e.